The van der Waals surface area contributed by atoms with Crippen molar-refractivity contribution in [1.29, 1.82) is 0 Å². The summed E-state index contributed by atoms with van der Waals surface area (Å²) in [6.07, 6.45) is 3.61. The third kappa shape index (κ3) is 2.63. The topological polar surface area (TPSA) is 96.3 Å². The number of carboxylic acid groups (broad SMARTS) is 1. The van der Waals surface area contributed by atoms with Crippen molar-refractivity contribution in [3.05, 3.63) is 47.2 Å². The van der Waals surface area contributed by atoms with Gasteiger partial charge in [-0.3, -0.25) is 4.79 Å². The molecule has 0 aliphatic carbocycles. The van der Waals surface area contributed by atoms with Crippen LogP contribution in [0.4, 0.5) is 0 Å². The molecule has 0 spiro atoms. The first-order valence-electron chi connectivity index (χ1n) is 6.81. The largest absolute Gasteiger partial charge is 0.870 e. The maximum absolute atomic E-state index is 11.5. The van der Waals surface area contributed by atoms with Crippen LogP contribution in [0.1, 0.15) is 12.5 Å². The van der Waals surface area contributed by atoms with Crippen molar-refractivity contribution in [3.63, 3.8) is 0 Å². The number of aliphatic hydroxyl groups is 1. The van der Waals surface area contributed by atoms with Gasteiger partial charge in [0, 0.05) is 10.6 Å². The van der Waals surface area contributed by atoms with Crippen molar-refractivity contribution in [3.8, 4) is 0 Å². The molecule has 1 aliphatic heterocycles. The number of nitrogens with zero attached hydrogens (tertiary/aromatic N) is 2. The van der Waals surface area contributed by atoms with Gasteiger partial charge in [-0.05, 0) is 23.9 Å². The minimum absolute atomic E-state index is 0. The van der Waals surface area contributed by atoms with E-state index >= 15 is 0 Å². The molecule has 1 aromatic heterocycles. The van der Waals surface area contributed by atoms with E-state index in [0.717, 1.165) is 5.16 Å². The third-order valence-electron chi connectivity index (χ3n) is 4.06. The molecule has 0 saturated carbocycles. The van der Waals surface area contributed by atoms with Crippen LogP contribution in [0.3, 0.4) is 0 Å². The number of aromatic nitrogens is 2. The average molecular weight is 357 g/mol. The molecule has 3 N–H and O–H groups in total. The van der Waals surface area contributed by atoms with Crippen LogP contribution in [0.25, 0.3) is 0 Å². The standard InChI is InChI=1S/C15H15ClN2O3S.H2O/c1-9(13(19)20)12-15(21,10-3-5-11(16)6-4-10)18-8-7-17(2)14(18)22-12;/h3-9,12,21H,1-2H3;1H2. The van der Waals surface area contributed by atoms with Crippen LogP contribution in [-0.4, -0.2) is 31.5 Å². The molecule has 2 heterocycles. The van der Waals surface area contributed by atoms with Crippen molar-refractivity contribution < 1.29 is 25.1 Å². The van der Waals surface area contributed by atoms with Crippen LogP contribution < -0.4 is 4.57 Å². The molecule has 1 aliphatic rings. The van der Waals surface area contributed by atoms with Crippen molar-refractivity contribution in [1.82, 2.24) is 4.57 Å². The summed E-state index contributed by atoms with van der Waals surface area (Å²) < 4.78 is 3.60. The van der Waals surface area contributed by atoms with Gasteiger partial charge >= 0.3 is 11.1 Å². The van der Waals surface area contributed by atoms with Crippen LogP contribution in [0, 0.1) is 5.92 Å². The monoisotopic (exact) mass is 356 g/mol. The van der Waals surface area contributed by atoms with Crippen molar-refractivity contribution in [2.45, 2.75) is 23.1 Å². The molecule has 0 saturated heterocycles. The highest BCUT2D eigenvalue weighted by atomic mass is 35.5. The number of benzene rings is 1. The van der Waals surface area contributed by atoms with Crippen molar-refractivity contribution >= 4 is 29.3 Å². The summed E-state index contributed by atoms with van der Waals surface area (Å²) in [5, 5.41) is 21.7. The molecule has 1 aromatic carbocycles. The van der Waals surface area contributed by atoms with E-state index in [1.807, 2.05) is 17.8 Å². The fourth-order valence-electron chi connectivity index (χ4n) is 2.78. The van der Waals surface area contributed by atoms with Crippen LogP contribution in [-0.2, 0) is 17.6 Å². The van der Waals surface area contributed by atoms with E-state index < -0.39 is 22.9 Å². The van der Waals surface area contributed by atoms with Gasteiger partial charge in [0.2, 0.25) is 0 Å². The number of rotatable bonds is 3. The molecule has 3 unspecified atom stereocenters. The zero-order valence-electron chi connectivity index (χ0n) is 12.5. The van der Waals surface area contributed by atoms with E-state index in [4.69, 9.17) is 11.6 Å². The van der Waals surface area contributed by atoms with Gasteiger partial charge in [0.15, 0.2) is 0 Å². The molecule has 3 rings (SSSR count). The van der Waals surface area contributed by atoms with Gasteiger partial charge < -0.3 is 15.7 Å². The molecule has 2 aromatic rings. The predicted octanol–water partition coefficient (Wildman–Crippen LogP) is 1.68. The number of aliphatic carboxylic acids is 1. The lowest BCUT2D eigenvalue weighted by atomic mass is 9.91. The second-order valence-corrected chi connectivity index (χ2v) is 7.01. The lowest BCUT2D eigenvalue weighted by Gasteiger charge is -2.29. The average Bonchev–Trinajstić information content (AvgIpc) is 2.99. The molecule has 0 bridgehead atoms. The first-order valence-corrected chi connectivity index (χ1v) is 8.06. The van der Waals surface area contributed by atoms with Crippen LogP contribution >= 0.6 is 23.4 Å². The van der Waals surface area contributed by atoms with Crippen LogP contribution in [0.15, 0.2) is 41.8 Å². The highest BCUT2D eigenvalue weighted by Crippen LogP contribution is 2.48. The summed E-state index contributed by atoms with van der Waals surface area (Å²) in [7, 11) is 1.87. The second kappa shape index (κ2) is 6.16. The van der Waals surface area contributed by atoms with E-state index in [9.17, 15) is 15.0 Å². The summed E-state index contributed by atoms with van der Waals surface area (Å²) in [5.41, 5.74) is -0.804. The van der Waals surface area contributed by atoms with Crippen LogP contribution in [0.5, 0.6) is 0 Å². The number of carbonyl (C=O) groups is 1. The van der Waals surface area contributed by atoms with E-state index in [-0.39, 0.29) is 5.48 Å². The minimum atomic E-state index is -1.43. The SMILES string of the molecule is CC(C(=O)O)C1Sc2n(cc[n+]2C)C1(O)c1ccc(Cl)cc1.[OH-]. The molecular formula is C15H17ClN2O4S. The molecule has 23 heavy (non-hydrogen) atoms. The number of thioether (sulfide) groups is 1. The molecular weight excluding hydrogens is 340 g/mol. The summed E-state index contributed by atoms with van der Waals surface area (Å²) in [6.45, 7) is 1.62. The first kappa shape index (κ1) is 17.8. The molecule has 8 heteroatoms. The quantitative estimate of drug-likeness (QED) is 0.815. The molecule has 0 fully saturated rings. The summed E-state index contributed by atoms with van der Waals surface area (Å²) in [4.78, 5) is 11.5. The van der Waals surface area contributed by atoms with Gasteiger partial charge in [0.1, 0.15) is 17.6 Å². The van der Waals surface area contributed by atoms with Crippen LogP contribution in [0.2, 0.25) is 5.02 Å². The minimum Gasteiger partial charge on any atom is -0.870 e. The summed E-state index contributed by atoms with van der Waals surface area (Å²) in [5.74, 6) is -1.65. The Hall–Kier alpha value is -1.54. The maximum atomic E-state index is 11.5. The smallest absolute Gasteiger partial charge is 0.321 e. The normalized spacial score (nSPS) is 23.9. The van der Waals surface area contributed by atoms with Gasteiger partial charge in [-0.25, -0.2) is 4.57 Å². The van der Waals surface area contributed by atoms with Crippen molar-refractivity contribution in [2.24, 2.45) is 13.0 Å². The molecule has 0 amide bonds. The maximum Gasteiger partial charge on any atom is 0.321 e. The zero-order valence-corrected chi connectivity index (χ0v) is 14.1. The Bertz CT molecular complexity index is 734. The molecule has 0 radical (unpaired) electrons. The molecule has 6 nitrogen and oxygen atoms in total. The zero-order chi connectivity index (χ0) is 16.1. The predicted molar refractivity (Wildman–Crippen MR) is 84.7 cm³/mol. The second-order valence-electron chi connectivity index (χ2n) is 5.46. The van der Waals surface area contributed by atoms with E-state index in [1.54, 1.807) is 42.0 Å². The fraction of sp³-hybridized carbons (Fsp3) is 0.333. The Morgan fingerprint density at radius 2 is 2.04 bits per heavy atom. The number of hydrogen-bond acceptors (Lipinski definition) is 4. The number of hydrogen-bond donors (Lipinski definition) is 2. The Labute approximate surface area is 142 Å². The Morgan fingerprint density at radius 1 is 1.43 bits per heavy atom. The molecule has 3 atom stereocenters. The number of aryl methyl sites for hydroxylation is 1. The number of imidazole rings is 1. The lowest BCUT2D eigenvalue weighted by molar-refractivity contribution is -0.709. The lowest BCUT2D eigenvalue weighted by Crippen LogP contribution is -2.45. The van der Waals surface area contributed by atoms with Gasteiger partial charge in [-0.1, -0.05) is 30.7 Å². The fourth-order valence-corrected chi connectivity index (χ4v) is 4.40. The van der Waals surface area contributed by atoms with E-state index in [1.165, 1.54) is 11.8 Å². The Kier molecular flexibility index (Phi) is 4.77. The number of fused-ring (bicyclic) bond motifs is 1. The van der Waals surface area contributed by atoms with Gasteiger partial charge in [0.05, 0.1) is 13.0 Å². The van der Waals surface area contributed by atoms with Gasteiger partial charge in [-0.15, -0.1) is 0 Å². The first-order chi connectivity index (χ1) is 10.4. The number of halogens is 1. The summed E-state index contributed by atoms with van der Waals surface area (Å²) in [6, 6.07) is 6.87. The number of carboxylic acids is 1. The highest BCUT2D eigenvalue weighted by Gasteiger charge is 2.57. The van der Waals surface area contributed by atoms with E-state index in [2.05, 4.69) is 0 Å². The van der Waals surface area contributed by atoms with Gasteiger partial charge in [-0.2, -0.15) is 4.57 Å². The molecule has 124 valence electrons. The van der Waals surface area contributed by atoms with E-state index in [0.29, 0.717) is 10.6 Å². The third-order valence-corrected chi connectivity index (χ3v) is 5.99. The Morgan fingerprint density at radius 3 is 2.61 bits per heavy atom. The summed E-state index contributed by atoms with van der Waals surface area (Å²) >= 11 is 7.30. The van der Waals surface area contributed by atoms with Gasteiger partial charge in [0.25, 0.3) is 5.72 Å². The Balaban J connectivity index is 0.00000192. The van der Waals surface area contributed by atoms with Crippen molar-refractivity contribution in [2.75, 3.05) is 0 Å². The highest BCUT2D eigenvalue weighted by molar-refractivity contribution is 8.00.